The normalized spacial score (nSPS) is 17.4. The third-order valence-electron chi connectivity index (χ3n) is 5.38. The van der Waals surface area contributed by atoms with Crippen molar-refractivity contribution in [1.82, 2.24) is 0 Å². The molecule has 0 saturated heterocycles. The van der Waals surface area contributed by atoms with Crippen molar-refractivity contribution in [3.63, 3.8) is 0 Å². The van der Waals surface area contributed by atoms with Crippen molar-refractivity contribution in [3.05, 3.63) is 94.3 Å². The molecular weight excluding hydrogens is 460 g/mol. The van der Waals surface area contributed by atoms with Crippen LogP contribution in [0.25, 0.3) is 0 Å². The third-order valence-corrected chi connectivity index (χ3v) is 5.72. The van der Waals surface area contributed by atoms with E-state index in [-0.39, 0.29) is 17.2 Å². The van der Waals surface area contributed by atoms with E-state index in [0.29, 0.717) is 11.4 Å². The molecular formula is C24H17ClF4N2O2. The minimum Gasteiger partial charge on any atom is -0.325 e. The molecule has 3 aromatic rings. The van der Waals surface area contributed by atoms with Crippen LogP contribution in [0.4, 0.5) is 28.9 Å². The smallest absolute Gasteiger partial charge is 0.325 e. The molecule has 1 fully saturated rings. The molecule has 1 aliphatic carbocycles. The molecule has 2 N–H and O–H groups in total. The SMILES string of the molecule is O=C(Nc1ccc(NC(=O)C2CC2c2ccccc2Cl)c(C(F)(F)F)c1)c1ccc(F)cc1. The second-order valence-electron chi connectivity index (χ2n) is 7.68. The molecule has 2 atom stereocenters. The Morgan fingerprint density at radius 1 is 0.939 bits per heavy atom. The fourth-order valence-corrected chi connectivity index (χ4v) is 3.88. The number of alkyl halides is 3. The summed E-state index contributed by atoms with van der Waals surface area (Å²) in [6.45, 7) is 0. The first-order chi connectivity index (χ1) is 15.6. The highest BCUT2D eigenvalue weighted by Crippen LogP contribution is 2.50. The van der Waals surface area contributed by atoms with Crippen molar-refractivity contribution in [2.75, 3.05) is 10.6 Å². The number of amides is 2. The Labute approximate surface area is 191 Å². The van der Waals surface area contributed by atoms with E-state index in [1.165, 1.54) is 18.2 Å². The van der Waals surface area contributed by atoms with Crippen LogP contribution in [0.5, 0.6) is 0 Å². The van der Waals surface area contributed by atoms with Crippen LogP contribution in [0.15, 0.2) is 66.7 Å². The van der Waals surface area contributed by atoms with Crippen LogP contribution in [-0.4, -0.2) is 11.8 Å². The molecule has 9 heteroatoms. The predicted octanol–water partition coefficient (Wildman–Crippen LogP) is 6.49. The topological polar surface area (TPSA) is 58.2 Å². The van der Waals surface area contributed by atoms with Crippen molar-refractivity contribution in [2.24, 2.45) is 5.92 Å². The van der Waals surface area contributed by atoms with Gasteiger partial charge in [0.15, 0.2) is 0 Å². The van der Waals surface area contributed by atoms with Crippen LogP contribution in [-0.2, 0) is 11.0 Å². The number of anilines is 2. The number of halogens is 5. The summed E-state index contributed by atoms with van der Waals surface area (Å²) >= 11 is 6.15. The number of benzene rings is 3. The van der Waals surface area contributed by atoms with Gasteiger partial charge in [-0.1, -0.05) is 29.8 Å². The predicted molar refractivity (Wildman–Crippen MR) is 117 cm³/mol. The summed E-state index contributed by atoms with van der Waals surface area (Å²) < 4.78 is 54.0. The third kappa shape index (κ3) is 5.17. The van der Waals surface area contributed by atoms with Crippen LogP contribution in [0.1, 0.15) is 33.8 Å². The highest BCUT2D eigenvalue weighted by molar-refractivity contribution is 6.31. The van der Waals surface area contributed by atoms with Gasteiger partial charge >= 0.3 is 6.18 Å². The molecule has 1 aliphatic rings. The Kier molecular flexibility index (Phi) is 6.12. The number of carbonyl (C=O) groups is 2. The minimum absolute atomic E-state index is 0.0849. The van der Waals surface area contributed by atoms with E-state index < -0.39 is 41.0 Å². The minimum atomic E-state index is -4.77. The monoisotopic (exact) mass is 476 g/mol. The molecule has 2 amide bonds. The van der Waals surface area contributed by atoms with Crippen LogP contribution in [0.3, 0.4) is 0 Å². The van der Waals surface area contributed by atoms with Gasteiger partial charge < -0.3 is 10.6 Å². The molecule has 0 aliphatic heterocycles. The second kappa shape index (κ2) is 8.86. The fourth-order valence-electron chi connectivity index (χ4n) is 3.60. The zero-order chi connectivity index (χ0) is 23.8. The standard InChI is InChI=1S/C24H17ClF4N2O2/c25-20-4-2-1-3-16(20)17-12-18(17)23(33)31-21-10-9-15(11-19(21)24(27,28)29)30-22(32)13-5-7-14(26)8-6-13/h1-11,17-18H,12H2,(H,30,32)(H,31,33). The molecule has 4 rings (SSSR count). The average Bonchev–Trinajstić information content (AvgIpc) is 3.55. The molecule has 0 heterocycles. The molecule has 33 heavy (non-hydrogen) atoms. The van der Waals surface area contributed by atoms with Crippen LogP contribution in [0.2, 0.25) is 5.02 Å². The van der Waals surface area contributed by atoms with Crippen molar-refractivity contribution in [3.8, 4) is 0 Å². The molecule has 170 valence electrons. The lowest BCUT2D eigenvalue weighted by atomic mass is 10.1. The lowest BCUT2D eigenvalue weighted by molar-refractivity contribution is -0.136. The molecule has 3 aromatic carbocycles. The Morgan fingerprint density at radius 3 is 2.30 bits per heavy atom. The summed E-state index contributed by atoms with van der Waals surface area (Å²) in [5, 5.41) is 5.22. The molecule has 0 aromatic heterocycles. The van der Waals surface area contributed by atoms with Gasteiger partial charge in [-0.05, 0) is 66.4 Å². The van der Waals surface area contributed by atoms with Crippen LogP contribution >= 0.6 is 11.6 Å². The van der Waals surface area contributed by atoms with Gasteiger partial charge in [0.2, 0.25) is 5.91 Å². The summed E-state index contributed by atoms with van der Waals surface area (Å²) in [5.41, 5.74) is -0.745. The highest BCUT2D eigenvalue weighted by Gasteiger charge is 2.45. The molecule has 4 nitrogen and oxygen atoms in total. The Bertz CT molecular complexity index is 1210. The Morgan fingerprint density at radius 2 is 1.64 bits per heavy atom. The first-order valence-electron chi connectivity index (χ1n) is 9.97. The highest BCUT2D eigenvalue weighted by atomic mass is 35.5. The summed E-state index contributed by atoms with van der Waals surface area (Å²) in [6.07, 6.45) is -4.28. The van der Waals surface area contributed by atoms with Gasteiger partial charge in [-0.3, -0.25) is 9.59 Å². The van der Waals surface area contributed by atoms with Crippen molar-refractivity contribution < 1.29 is 27.2 Å². The molecule has 0 radical (unpaired) electrons. The Balaban J connectivity index is 1.50. The van der Waals surface area contributed by atoms with Gasteiger partial charge in [0, 0.05) is 22.2 Å². The average molecular weight is 477 g/mol. The van der Waals surface area contributed by atoms with Gasteiger partial charge in [-0.2, -0.15) is 13.2 Å². The molecule has 0 spiro atoms. The first kappa shape index (κ1) is 22.8. The van der Waals surface area contributed by atoms with E-state index in [4.69, 9.17) is 11.6 Å². The van der Waals surface area contributed by atoms with E-state index in [2.05, 4.69) is 10.6 Å². The summed E-state index contributed by atoms with van der Waals surface area (Å²) in [6, 6.07) is 14.7. The molecule has 2 unspecified atom stereocenters. The lowest BCUT2D eigenvalue weighted by Crippen LogP contribution is -2.19. The number of hydrogen-bond acceptors (Lipinski definition) is 2. The summed E-state index contributed by atoms with van der Waals surface area (Å²) in [7, 11) is 0. The number of rotatable bonds is 5. The van der Waals surface area contributed by atoms with E-state index in [1.54, 1.807) is 24.3 Å². The Hall–Kier alpha value is -3.39. The molecule has 1 saturated carbocycles. The number of nitrogens with one attached hydrogen (secondary N) is 2. The lowest BCUT2D eigenvalue weighted by Gasteiger charge is -2.16. The van der Waals surface area contributed by atoms with E-state index in [1.807, 2.05) is 0 Å². The maximum absolute atomic E-state index is 13.7. The van der Waals surface area contributed by atoms with E-state index in [9.17, 15) is 27.2 Å². The summed E-state index contributed by atoms with van der Waals surface area (Å²) in [5.74, 6) is -2.40. The largest absolute Gasteiger partial charge is 0.418 e. The second-order valence-corrected chi connectivity index (χ2v) is 8.09. The first-order valence-corrected chi connectivity index (χ1v) is 10.3. The van der Waals surface area contributed by atoms with Gasteiger partial charge in [-0.15, -0.1) is 0 Å². The number of carbonyl (C=O) groups excluding carboxylic acids is 2. The van der Waals surface area contributed by atoms with Crippen molar-refractivity contribution in [2.45, 2.75) is 18.5 Å². The zero-order valence-corrected chi connectivity index (χ0v) is 17.7. The van der Waals surface area contributed by atoms with E-state index >= 15 is 0 Å². The van der Waals surface area contributed by atoms with E-state index in [0.717, 1.165) is 29.8 Å². The van der Waals surface area contributed by atoms with Gasteiger partial charge in [0.05, 0.1) is 11.3 Å². The summed E-state index contributed by atoms with van der Waals surface area (Å²) in [4.78, 5) is 24.9. The quantitative estimate of drug-likeness (QED) is 0.413. The zero-order valence-electron chi connectivity index (χ0n) is 16.9. The van der Waals surface area contributed by atoms with Crippen LogP contribution < -0.4 is 10.6 Å². The van der Waals surface area contributed by atoms with Gasteiger partial charge in [0.1, 0.15) is 5.82 Å². The van der Waals surface area contributed by atoms with Gasteiger partial charge in [-0.25, -0.2) is 4.39 Å². The van der Waals surface area contributed by atoms with Crippen LogP contribution in [0, 0.1) is 11.7 Å². The van der Waals surface area contributed by atoms with Gasteiger partial charge in [0.25, 0.3) is 5.91 Å². The maximum Gasteiger partial charge on any atom is 0.418 e. The van der Waals surface area contributed by atoms with Crippen molar-refractivity contribution >= 4 is 34.8 Å². The molecule has 0 bridgehead atoms. The fraction of sp³-hybridized carbons (Fsp3) is 0.167. The number of hydrogen-bond donors (Lipinski definition) is 2. The maximum atomic E-state index is 13.7. The van der Waals surface area contributed by atoms with Crippen molar-refractivity contribution in [1.29, 1.82) is 0 Å².